The van der Waals surface area contributed by atoms with Crippen LogP contribution in [0.1, 0.15) is 31.0 Å². The summed E-state index contributed by atoms with van der Waals surface area (Å²) in [5.41, 5.74) is 2.01. The molecule has 1 aromatic heterocycles. The number of carbonyl (C=O) groups excluding carboxylic acids is 1. The van der Waals surface area contributed by atoms with Crippen LogP contribution in [-0.2, 0) is 9.53 Å². The summed E-state index contributed by atoms with van der Waals surface area (Å²) in [4.78, 5) is 31.8. The number of esters is 1. The Hall–Kier alpha value is -3.85. The van der Waals surface area contributed by atoms with Gasteiger partial charge in [-0.25, -0.2) is 9.79 Å². The third kappa shape index (κ3) is 4.59. The highest BCUT2D eigenvalue weighted by molar-refractivity contribution is 7.07. The van der Waals surface area contributed by atoms with Crippen LogP contribution in [0, 0.1) is 0 Å². The van der Waals surface area contributed by atoms with Gasteiger partial charge in [0, 0.05) is 5.56 Å². The van der Waals surface area contributed by atoms with Gasteiger partial charge in [0.2, 0.25) is 0 Å². The van der Waals surface area contributed by atoms with Crippen molar-refractivity contribution in [2.45, 2.75) is 19.9 Å². The zero-order valence-electron chi connectivity index (χ0n) is 20.2. The van der Waals surface area contributed by atoms with Gasteiger partial charge >= 0.3 is 5.97 Å². The molecule has 0 fully saturated rings. The van der Waals surface area contributed by atoms with E-state index in [0.717, 1.165) is 5.56 Å². The fourth-order valence-corrected chi connectivity index (χ4v) is 5.02. The van der Waals surface area contributed by atoms with E-state index in [0.29, 0.717) is 43.4 Å². The number of fused-ring (bicyclic) bond motifs is 1. The van der Waals surface area contributed by atoms with Crippen molar-refractivity contribution in [3.63, 3.8) is 0 Å². The molecule has 1 aliphatic rings. The minimum atomic E-state index is -0.689. The predicted molar refractivity (Wildman–Crippen MR) is 133 cm³/mol. The highest BCUT2D eigenvalue weighted by atomic mass is 32.1. The number of thiazole rings is 1. The lowest BCUT2D eigenvalue weighted by molar-refractivity contribution is -0.139. The largest absolute Gasteiger partial charge is 0.497 e. The minimum Gasteiger partial charge on any atom is -0.497 e. The van der Waals surface area contributed by atoms with Crippen LogP contribution >= 0.6 is 11.3 Å². The molecule has 0 aliphatic carbocycles. The fourth-order valence-electron chi connectivity index (χ4n) is 3.99. The van der Waals surface area contributed by atoms with Crippen molar-refractivity contribution in [2.24, 2.45) is 4.99 Å². The van der Waals surface area contributed by atoms with Crippen molar-refractivity contribution in [3.8, 4) is 17.2 Å². The average molecular weight is 495 g/mol. The molecule has 0 radical (unpaired) electrons. The van der Waals surface area contributed by atoms with E-state index >= 15 is 0 Å². The Morgan fingerprint density at radius 1 is 1.06 bits per heavy atom. The van der Waals surface area contributed by atoms with Gasteiger partial charge in [0.15, 0.2) is 4.80 Å². The van der Waals surface area contributed by atoms with Crippen molar-refractivity contribution in [3.05, 3.63) is 84.5 Å². The van der Waals surface area contributed by atoms with Crippen LogP contribution in [0.15, 0.2) is 63.5 Å². The van der Waals surface area contributed by atoms with Gasteiger partial charge in [-0.05, 0) is 55.8 Å². The molecule has 1 atom stereocenters. The summed E-state index contributed by atoms with van der Waals surface area (Å²) in [7, 11) is 4.73. The SMILES string of the molecule is CCOC(=O)C1=C(C)N=c2sc(=Cc3cc(OC)ccc3OC)c(=O)n2[C@H]1c1ccc(OC)cc1. The smallest absolute Gasteiger partial charge is 0.338 e. The van der Waals surface area contributed by atoms with Gasteiger partial charge in [-0.3, -0.25) is 9.36 Å². The molecule has 1 aliphatic heterocycles. The van der Waals surface area contributed by atoms with Gasteiger partial charge in [0.1, 0.15) is 17.2 Å². The molecule has 182 valence electrons. The summed E-state index contributed by atoms with van der Waals surface area (Å²) < 4.78 is 23.4. The summed E-state index contributed by atoms with van der Waals surface area (Å²) in [6.07, 6.45) is 1.75. The third-order valence-electron chi connectivity index (χ3n) is 5.67. The third-order valence-corrected chi connectivity index (χ3v) is 6.65. The zero-order chi connectivity index (χ0) is 25.1. The summed E-state index contributed by atoms with van der Waals surface area (Å²) in [5, 5.41) is 0. The Balaban J connectivity index is 1.95. The minimum absolute atomic E-state index is 0.213. The molecule has 0 bridgehead atoms. The van der Waals surface area contributed by atoms with Crippen molar-refractivity contribution < 1.29 is 23.7 Å². The first-order chi connectivity index (χ1) is 16.9. The molecule has 0 unspecified atom stereocenters. The Kier molecular flexibility index (Phi) is 7.07. The summed E-state index contributed by atoms with van der Waals surface area (Å²) in [5.74, 6) is 1.41. The monoisotopic (exact) mass is 494 g/mol. The first kappa shape index (κ1) is 24.3. The van der Waals surface area contributed by atoms with E-state index in [9.17, 15) is 9.59 Å². The molecule has 0 saturated carbocycles. The van der Waals surface area contributed by atoms with Gasteiger partial charge in [-0.15, -0.1) is 0 Å². The maximum absolute atomic E-state index is 13.7. The molecule has 0 amide bonds. The number of benzene rings is 2. The Morgan fingerprint density at radius 2 is 1.74 bits per heavy atom. The molecule has 2 aromatic carbocycles. The van der Waals surface area contributed by atoms with Gasteiger partial charge in [-0.2, -0.15) is 0 Å². The van der Waals surface area contributed by atoms with Crippen LogP contribution in [0.2, 0.25) is 0 Å². The van der Waals surface area contributed by atoms with E-state index in [1.54, 1.807) is 76.2 Å². The first-order valence-corrected chi connectivity index (χ1v) is 11.8. The number of hydrogen-bond acceptors (Lipinski definition) is 8. The zero-order valence-corrected chi connectivity index (χ0v) is 21.0. The van der Waals surface area contributed by atoms with E-state index in [-0.39, 0.29) is 12.2 Å². The lowest BCUT2D eigenvalue weighted by atomic mass is 9.96. The highest BCUT2D eigenvalue weighted by Crippen LogP contribution is 2.31. The summed E-state index contributed by atoms with van der Waals surface area (Å²) in [6, 6.07) is 11.9. The van der Waals surface area contributed by atoms with E-state index in [2.05, 4.69) is 4.99 Å². The van der Waals surface area contributed by atoms with Gasteiger partial charge in [0.05, 0.1) is 49.8 Å². The van der Waals surface area contributed by atoms with E-state index in [1.165, 1.54) is 11.3 Å². The van der Waals surface area contributed by atoms with Crippen molar-refractivity contribution in [1.29, 1.82) is 0 Å². The average Bonchev–Trinajstić information content (AvgIpc) is 3.17. The molecular formula is C26H26N2O6S. The van der Waals surface area contributed by atoms with Crippen LogP contribution in [0.25, 0.3) is 6.08 Å². The number of carbonyl (C=O) groups is 1. The Morgan fingerprint density at radius 3 is 2.37 bits per heavy atom. The number of aromatic nitrogens is 1. The molecular weight excluding hydrogens is 468 g/mol. The van der Waals surface area contributed by atoms with Crippen LogP contribution in [0.5, 0.6) is 17.2 Å². The predicted octanol–water partition coefficient (Wildman–Crippen LogP) is 2.82. The van der Waals surface area contributed by atoms with Crippen LogP contribution in [-0.4, -0.2) is 38.5 Å². The molecule has 8 nitrogen and oxygen atoms in total. The molecule has 0 spiro atoms. The quantitative estimate of drug-likeness (QED) is 0.470. The van der Waals surface area contributed by atoms with E-state index < -0.39 is 12.0 Å². The van der Waals surface area contributed by atoms with Crippen LogP contribution in [0.4, 0.5) is 0 Å². The molecule has 4 rings (SSSR count). The van der Waals surface area contributed by atoms with Crippen LogP contribution < -0.4 is 29.1 Å². The second kappa shape index (κ2) is 10.2. The molecule has 35 heavy (non-hydrogen) atoms. The summed E-state index contributed by atoms with van der Waals surface area (Å²) in [6.45, 7) is 3.71. The second-order valence-electron chi connectivity index (χ2n) is 7.68. The van der Waals surface area contributed by atoms with Gasteiger partial charge in [0.25, 0.3) is 5.56 Å². The second-order valence-corrected chi connectivity index (χ2v) is 8.69. The topological polar surface area (TPSA) is 88.4 Å². The van der Waals surface area contributed by atoms with Gasteiger partial charge in [-0.1, -0.05) is 23.5 Å². The van der Waals surface area contributed by atoms with Gasteiger partial charge < -0.3 is 18.9 Å². The lowest BCUT2D eigenvalue weighted by Crippen LogP contribution is -2.39. The standard InChI is InChI=1S/C26H26N2O6S/c1-6-34-25(30)22-15(2)27-26-28(23(22)16-7-9-18(31-3)10-8-16)24(29)21(35-26)14-17-13-19(32-4)11-12-20(17)33-5/h7-14,23H,6H2,1-5H3/t23-/m0/s1. The first-order valence-electron chi connectivity index (χ1n) is 11.0. The van der Waals surface area contributed by atoms with E-state index in [4.69, 9.17) is 18.9 Å². The number of hydrogen-bond donors (Lipinski definition) is 0. The normalized spacial score (nSPS) is 15.3. The number of allylic oxidation sites excluding steroid dienone is 1. The van der Waals surface area contributed by atoms with E-state index in [1.807, 2.05) is 12.1 Å². The lowest BCUT2D eigenvalue weighted by Gasteiger charge is -2.24. The number of nitrogens with zero attached hydrogens (tertiary/aromatic N) is 2. The number of methoxy groups -OCH3 is 3. The molecule has 0 N–H and O–H groups in total. The molecule has 2 heterocycles. The van der Waals surface area contributed by atoms with Crippen molar-refractivity contribution in [1.82, 2.24) is 4.57 Å². The molecule has 3 aromatic rings. The highest BCUT2D eigenvalue weighted by Gasteiger charge is 2.33. The van der Waals surface area contributed by atoms with Crippen LogP contribution in [0.3, 0.4) is 0 Å². The fraction of sp³-hybridized carbons (Fsp3) is 0.269. The molecule has 9 heteroatoms. The molecule has 0 saturated heterocycles. The van der Waals surface area contributed by atoms with Crippen molar-refractivity contribution >= 4 is 23.4 Å². The maximum atomic E-state index is 13.7. The Labute approximate surface area is 206 Å². The maximum Gasteiger partial charge on any atom is 0.338 e. The number of ether oxygens (including phenoxy) is 4. The van der Waals surface area contributed by atoms with Crippen molar-refractivity contribution in [2.75, 3.05) is 27.9 Å². The number of rotatable bonds is 7. The summed E-state index contributed by atoms with van der Waals surface area (Å²) >= 11 is 1.25. The Bertz CT molecular complexity index is 1470.